The Hall–Kier alpha value is -2.60. The second-order valence-corrected chi connectivity index (χ2v) is 8.26. The number of rotatable bonds is 2. The van der Waals surface area contributed by atoms with E-state index in [-0.39, 0.29) is 37.3 Å². The summed E-state index contributed by atoms with van der Waals surface area (Å²) in [5, 5.41) is 17.3. The molecule has 0 radical (unpaired) electrons. The molecule has 2 aromatic rings. The van der Waals surface area contributed by atoms with Crippen LogP contribution in [-0.4, -0.2) is 32.1 Å². The van der Waals surface area contributed by atoms with E-state index >= 15 is 0 Å². The van der Waals surface area contributed by atoms with E-state index in [1.807, 2.05) is 12.1 Å². The highest BCUT2D eigenvalue weighted by Crippen LogP contribution is 2.42. The van der Waals surface area contributed by atoms with Crippen LogP contribution in [0.3, 0.4) is 0 Å². The number of nitriles is 1. The van der Waals surface area contributed by atoms with Crippen LogP contribution in [0.5, 0.6) is 0 Å². The van der Waals surface area contributed by atoms with E-state index in [4.69, 9.17) is 11.6 Å². The standard InChI is InChI=1S/C20H19ClF3N5O/c21-15-3-1-2-14(10-15)19(12-25)6-4-13(5-7-19)17(30)28-8-9-29-16(11-28)26-27-18(29)20(22,23)24/h1-3,10,13H,4-9,11H2. The fourth-order valence-electron chi connectivity index (χ4n) is 4.42. The number of benzene rings is 1. The molecular weight excluding hydrogens is 419 g/mol. The Morgan fingerprint density at radius 3 is 2.60 bits per heavy atom. The van der Waals surface area contributed by atoms with Gasteiger partial charge in [0.05, 0.1) is 18.0 Å². The lowest BCUT2D eigenvalue weighted by molar-refractivity contribution is -0.148. The van der Waals surface area contributed by atoms with Crippen molar-refractivity contribution in [2.45, 2.75) is 50.4 Å². The summed E-state index contributed by atoms with van der Waals surface area (Å²) in [6.07, 6.45) is -2.43. The Morgan fingerprint density at radius 2 is 1.97 bits per heavy atom. The van der Waals surface area contributed by atoms with Crippen molar-refractivity contribution in [2.24, 2.45) is 5.92 Å². The Morgan fingerprint density at radius 1 is 1.23 bits per heavy atom. The lowest BCUT2D eigenvalue weighted by Crippen LogP contribution is -2.44. The molecule has 4 rings (SSSR count). The summed E-state index contributed by atoms with van der Waals surface area (Å²) in [6, 6.07) is 9.66. The van der Waals surface area contributed by atoms with Crippen molar-refractivity contribution < 1.29 is 18.0 Å². The molecule has 0 saturated heterocycles. The third-order valence-corrected chi connectivity index (χ3v) is 6.33. The van der Waals surface area contributed by atoms with Gasteiger partial charge >= 0.3 is 6.18 Å². The van der Waals surface area contributed by atoms with Gasteiger partial charge in [-0.05, 0) is 43.4 Å². The molecule has 2 heterocycles. The first-order valence-electron chi connectivity index (χ1n) is 9.69. The molecular formula is C20H19ClF3N5O. The first-order valence-corrected chi connectivity index (χ1v) is 10.1. The van der Waals surface area contributed by atoms with Gasteiger partial charge in [-0.1, -0.05) is 23.7 Å². The lowest BCUT2D eigenvalue weighted by Gasteiger charge is -2.37. The van der Waals surface area contributed by atoms with E-state index in [0.717, 1.165) is 10.1 Å². The van der Waals surface area contributed by atoms with Crippen LogP contribution < -0.4 is 0 Å². The van der Waals surface area contributed by atoms with E-state index < -0.39 is 17.4 Å². The number of aromatic nitrogens is 3. The summed E-state index contributed by atoms with van der Waals surface area (Å²) in [5.41, 5.74) is 0.180. The smallest absolute Gasteiger partial charge is 0.333 e. The maximum absolute atomic E-state index is 13.0. The van der Waals surface area contributed by atoms with Gasteiger partial charge < -0.3 is 9.47 Å². The van der Waals surface area contributed by atoms with E-state index in [0.29, 0.717) is 30.7 Å². The molecule has 0 N–H and O–H groups in total. The molecule has 6 nitrogen and oxygen atoms in total. The molecule has 1 fully saturated rings. The van der Waals surface area contributed by atoms with Crippen LogP contribution in [0.15, 0.2) is 24.3 Å². The number of fused-ring (bicyclic) bond motifs is 1. The van der Waals surface area contributed by atoms with Gasteiger partial charge in [-0.2, -0.15) is 18.4 Å². The lowest BCUT2D eigenvalue weighted by atomic mass is 9.67. The van der Waals surface area contributed by atoms with Gasteiger partial charge in [-0.25, -0.2) is 0 Å². The van der Waals surface area contributed by atoms with Gasteiger partial charge in [-0.3, -0.25) is 4.79 Å². The normalized spacial score (nSPS) is 24.2. The maximum atomic E-state index is 13.0. The second-order valence-electron chi connectivity index (χ2n) is 7.83. The summed E-state index contributed by atoms with van der Waals surface area (Å²) < 4.78 is 40.0. The molecule has 10 heteroatoms. The zero-order chi connectivity index (χ0) is 21.5. The first-order chi connectivity index (χ1) is 14.2. The summed E-state index contributed by atoms with van der Waals surface area (Å²) in [5.74, 6) is -1.25. The second kappa shape index (κ2) is 7.58. The summed E-state index contributed by atoms with van der Waals surface area (Å²) >= 11 is 6.08. The summed E-state index contributed by atoms with van der Waals surface area (Å²) in [7, 11) is 0. The van der Waals surface area contributed by atoms with Gasteiger partial charge in [-0.15, -0.1) is 10.2 Å². The minimum absolute atomic E-state index is 0.0100. The predicted octanol–water partition coefficient (Wildman–Crippen LogP) is 3.94. The van der Waals surface area contributed by atoms with Gasteiger partial charge in [0.25, 0.3) is 0 Å². The Labute approximate surface area is 176 Å². The third-order valence-electron chi connectivity index (χ3n) is 6.10. The summed E-state index contributed by atoms with van der Waals surface area (Å²) in [6.45, 7) is 0.206. The van der Waals surface area contributed by atoms with Crippen LogP contribution >= 0.6 is 11.6 Å². The molecule has 1 saturated carbocycles. The van der Waals surface area contributed by atoms with Crippen molar-refractivity contribution in [3.8, 4) is 6.07 Å². The van der Waals surface area contributed by atoms with Crippen molar-refractivity contribution in [2.75, 3.05) is 6.54 Å². The minimum atomic E-state index is -4.57. The molecule has 1 aromatic heterocycles. The van der Waals surface area contributed by atoms with Gasteiger partial charge in [0.2, 0.25) is 11.7 Å². The monoisotopic (exact) mass is 437 g/mol. The van der Waals surface area contributed by atoms with Crippen LogP contribution in [0.1, 0.15) is 42.9 Å². The van der Waals surface area contributed by atoms with Crippen LogP contribution in [0, 0.1) is 17.2 Å². The van der Waals surface area contributed by atoms with Crippen molar-refractivity contribution in [3.63, 3.8) is 0 Å². The molecule has 1 aromatic carbocycles. The number of halogens is 4. The molecule has 1 aliphatic carbocycles. The highest BCUT2D eigenvalue weighted by Gasteiger charge is 2.42. The molecule has 2 aliphatic rings. The molecule has 1 aliphatic heterocycles. The molecule has 0 bridgehead atoms. The zero-order valence-corrected chi connectivity index (χ0v) is 16.7. The van der Waals surface area contributed by atoms with Crippen LogP contribution in [0.25, 0.3) is 0 Å². The SMILES string of the molecule is N#CC1(c2cccc(Cl)c2)CCC(C(=O)N2CCn3c(nnc3C(F)(F)F)C2)CC1. The average molecular weight is 438 g/mol. The number of hydrogen-bond donors (Lipinski definition) is 0. The molecule has 0 atom stereocenters. The topological polar surface area (TPSA) is 74.8 Å². The maximum Gasteiger partial charge on any atom is 0.451 e. The van der Waals surface area contributed by atoms with Crippen LogP contribution in [0.4, 0.5) is 13.2 Å². The Balaban J connectivity index is 1.44. The van der Waals surface area contributed by atoms with Crippen LogP contribution in [-0.2, 0) is 29.5 Å². The van der Waals surface area contributed by atoms with E-state index in [1.165, 1.54) is 0 Å². The number of nitrogens with zero attached hydrogens (tertiary/aromatic N) is 5. The first kappa shape index (κ1) is 20.7. The highest BCUT2D eigenvalue weighted by atomic mass is 35.5. The Bertz CT molecular complexity index is 1000. The van der Waals surface area contributed by atoms with Gasteiger partial charge in [0, 0.05) is 24.0 Å². The van der Waals surface area contributed by atoms with Crippen molar-refractivity contribution in [3.05, 3.63) is 46.5 Å². The highest BCUT2D eigenvalue weighted by molar-refractivity contribution is 6.30. The zero-order valence-electron chi connectivity index (χ0n) is 16.0. The van der Waals surface area contributed by atoms with E-state index in [9.17, 15) is 23.2 Å². The Kier molecular flexibility index (Phi) is 5.22. The fourth-order valence-corrected chi connectivity index (χ4v) is 4.61. The summed E-state index contributed by atoms with van der Waals surface area (Å²) in [4.78, 5) is 14.5. The molecule has 0 spiro atoms. The van der Waals surface area contributed by atoms with Crippen molar-refractivity contribution >= 4 is 17.5 Å². The predicted molar refractivity (Wildman–Crippen MR) is 101 cm³/mol. The van der Waals surface area contributed by atoms with Crippen molar-refractivity contribution in [1.82, 2.24) is 19.7 Å². The number of hydrogen-bond acceptors (Lipinski definition) is 4. The van der Waals surface area contributed by atoms with Gasteiger partial charge in [0.1, 0.15) is 0 Å². The minimum Gasteiger partial charge on any atom is -0.333 e. The number of alkyl halides is 3. The van der Waals surface area contributed by atoms with Gasteiger partial charge in [0.15, 0.2) is 5.82 Å². The third kappa shape index (κ3) is 3.65. The molecule has 30 heavy (non-hydrogen) atoms. The molecule has 1 amide bonds. The number of amides is 1. The van der Waals surface area contributed by atoms with Crippen LogP contribution in [0.2, 0.25) is 5.02 Å². The van der Waals surface area contributed by atoms with Crippen molar-refractivity contribution in [1.29, 1.82) is 5.26 Å². The molecule has 158 valence electrons. The van der Waals surface area contributed by atoms with E-state index in [1.54, 1.807) is 17.0 Å². The number of carbonyl (C=O) groups is 1. The molecule has 0 unspecified atom stereocenters. The quantitative estimate of drug-likeness (QED) is 0.713. The number of carbonyl (C=O) groups excluding carboxylic acids is 1. The fraction of sp³-hybridized carbons (Fsp3) is 0.500. The average Bonchev–Trinajstić information content (AvgIpc) is 3.17. The van der Waals surface area contributed by atoms with E-state index in [2.05, 4.69) is 16.3 Å². The largest absolute Gasteiger partial charge is 0.451 e.